The first-order chi connectivity index (χ1) is 10.9. The Balaban J connectivity index is 2.02. The molecule has 2 aromatic rings. The van der Waals surface area contributed by atoms with E-state index in [1.54, 1.807) is 4.90 Å². The molecule has 5 heteroatoms. The van der Waals surface area contributed by atoms with E-state index in [1.165, 1.54) is 11.8 Å². The molecule has 0 radical (unpaired) electrons. The van der Waals surface area contributed by atoms with Gasteiger partial charge in [-0.15, -0.1) is 0 Å². The summed E-state index contributed by atoms with van der Waals surface area (Å²) in [6.07, 6.45) is 0. The second-order valence-electron chi connectivity index (χ2n) is 5.74. The Labute approximate surface area is 142 Å². The number of rotatable bonds is 5. The standard InChI is InChI=1S/C18H23N3OS/c1-12-13(2)19-18(20-14(12)3)23-15(4)17(22)21(5)11-16-9-7-6-8-10-16/h6-10,15H,11H2,1-5H3/t15-/m1/s1. The molecule has 1 amide bonds. The van der Waals surface area contributed by atoms with Crippen molar-refractivity contribution in [1.82, 2.24) is 14.9 Å². The number of nitrogens with zero attached hydrogens (tertiary/aromatic N) is 3. The summed E-state index contributed by atoms with van der Waals surface area (Å²) in [7, 11) is 1.83. The van der Waals surface area contributed by atoms with Crippen LogP contribution in [-0.4, -0.2) is 33.1 Å². The van der Waals surface area contributed by atoms with E-state index < -0.39 is 0 Å². The third-order valence-corrected chi connectivity index (χ3v) is 4.83. The molecule has 4 nitrogen and oxygen atoms in total. The van der Waals surface area contributed by atoms with Crippen LogP contribution < -0.4 is 0 Å². The molecule has 0 aliphatic heterocycles. The minimum atomic E-state index is -0.217. The fourth-order valence-electron chi connectivity index (χ4n) is 2.25. The van der Waals surface area contributed by atoms with Gasteiger partial charge in [0, 0.05) is 25.0 Å². The van der Waals surface area contributed by atoms with Crippen molar-refractivity contribution in [2.24, 2.45) is 0 Å². The predicted octanol–water partition coefficient (Wildman–Crippen LogP) is 3.54. The molecule has 1 aromatic carbocycles. The summed E-state index contributed by atoms with van der Waals surface area (Å²) in [5.41, 5.74) is 4.17. The molecule has 1 atom stereocenters. The molecule has 0 unspecified atom stereocenters. The number of aromatic nitrogens is 2. The minimum absolute atomic E-state index is 0.0818. The van der Waals surface area contributed by atoms with Gasteiger partial charge in [0.05, 0.1) is 5.25 Å². The van der Waals surface area contributed by atoms with E-state index in [4.69, 9.17) is 0 Å². The topological polar surface area (TPSA) is 46.1 Å². The third kappa shape index (κ3) is 4.55. The molecule has 23 heavy (non-hydrogen) atoms. The van der Waals surface area contributed by atoms with Crippen LogP contribution in [0.4, 0.5) is 0 Å². The van der Waals surface area contributed by atoms with Gasteiger partial charge in [0.25, 0.3) is 0 Å². The van der Waals surface area contributed by atoms with Crippen molar-refractivity contribution >= 4 is 17.7 Å². The van der Waals surface area contributed by atoms with Gasteiger partial charge in [0.1, 0.15) is 0 Å². The smallest absolute Gasteiger partial charge is 0.235 e. The summed E-state index contributed by atoms with van der Waals surface area (Å²) in [5, 5.41) is 0.449. The van der Waals surface area contributed by atoms with Crippen LogP contribution in [0.3, 0.4) is 0 Å². The monoisotopic (exact) mass is 329 g/mol. The predicted molar refractivity (Wildman–Crippen MR) is 94.5 cm³/mol. The van der Waals surface area contributed by atoms with Crippen LogP contribution >= 0.6 is 11.8 Å². The van der Waals surface area contributed by atoms with Crippen LogP contribution in [0.1, 0.15) is 29.4 Å². The lowest BCUT2D eigenvalue weighted by Crippen LogP contribution is -2.32. The van der Waals surface area contributed by atoms with Gasteiger partial charge >= 0.3 is 0 Å². The van der Waals surface area contributed by atoms with Gasteiger partial charge in [0.2, 0.25) is 5.91 Å². The number of carbonyl (C=O) groups is 1. The quantitative estimate of drug-likeness (QED) is 0.622. The van der Waals surface area contributed by atoms with E-state index >= 15 is 0 Å². The molecule has 0 aliphatic rings. The summed E-state index contributed by atoms with van der Waals surface area (Å²) in [6.45, 7) is 8.48. The zero-order valence-electron chi connectivity index (χ0n) is 14.3. The van der Waals surface area contributed by atoms with E-state index in [2.05, 4.69) is 9.97 Å². The Morgan fingerprint density at radius 2 is 1.70 bits per heavy atom. The van der Waals surface area contributed by atoms with Gasteiger partial charge in [-0.25, -0.2) is 9.97 Å². The van der Waals surface area contributed by atoms with E-state index in [0.717, 1.165) is 22.5 Å². The van der Waals surface area contributed by atoms with Crippen molar-refractivity contribution in [2.45, 2.75) is 44.6 Å². The minimum Gasteiger partial charge on any atom is -0.340 e. The van der Waals surface area contributed by atoms with Crippen LogP contribution in [0, 0.1) is 20.8 Å². The summed E-state index contributed by atoms with van der Waals surface area (Å²) in [4.78, 5) is 23.2. The maximum absolute atomic E-state index is 12.5. The summed E-state index contributed by atoms with van der Waals surface area (Å²) in [6, 6.07) is 9.99. The lowest BCUT2D eigenvalue weighted by molar-refractivity contribution is -0.129. The summed E-state index contributed by atoms with van der Waals surface area (Å²) in [5.74, 6) is 0.0818. The van der Waals surface area contributed by atoms with E-state index in [-0.39, 0.29) is 11.2 Å². The molecule has 0 saturated carbocycles. The first-order valence-electron chi connectivity index (χ1n) is 7.66. The Morgan fingerprint density at radius 3 is 2.26 bits per heavy atom. The van der Waals surface area contributed by atoms with E-state index in [1.807, 2.05) is 65.1 Å². The average molecular weight is 329 g/mol. The van der Waals surface area contributed by atoms with Crippen molar-refractivity contribution in [1.29, 1.82) is 0 Å². The molecular formula is C18H23N3OS. The largest absolute Gasteiger partial charge is 0.340 e. The highest BCUT2D eigenvalue weighted by atomic mass is 32.2. The van der Waals surface area contributed by atoms with Gasteiger partial charge < -0.3 is 4.90 Å². The summed E-state index contributed by atoms with van der Waals surface area (Å²) >= 11 is 1.41. The van der Waals surface area contributed by atoms with Crippen molar-refractivity contribution in [3.8, 4) is 0 Å². The first kappa shape index (κ1) is 17.5. The molecule has 1 aromatic heterocycles. The van der Waals surface area contributed by atoms with Crippen LogP contribution in [0.25, 0.3) is 0 Å². The Morgan fingerprint density at radius 1 is 1.13 bits per heavy atom. The molecule has 0 bridgehead atoms. The zero-order valence-corrected chi connectivity index (χ0v) is 15.1. The molecule has 2 rings (SSSR count). The second-order valence-corrected chi connectivity index (χ2v) is 7.05. The number of aryl methyl sites for hydroxylation is 2. The van der Waals surface area contributed by atoms with E-state index in [0.29, 0.717) is 11.7 Å². The fourth-order valence-corrected chi connectivity index (χ4v) is 3.22. The zero-order chi connectivity index (χ0) is 17.0. The molecular weight excluding hydrogens is 306 g/mol. The first-order valence-corrected chi connectivity index (χ1v) is 8.54. The highest BCUT2D eigenvalue weighted by Crippen LogP contribution is 2.23. The van der Waals surface area contributed by atoms with Gasteiger partial charge in [-0.3, -0.25) is 4.79 Å². The van der Waals surface area contributed by atoms with Crippen LogP contribution in [0.5, 0.6) is 0 Å². The number of benzene rings is 1. The van der Waals surface area contributed by atoms with Crippen molar-refractivity contribution in [3.05, 3.63) is 52.8 Å². The highest BCUT2D eigenvalue weighted by molar-refractivity contribution is 8.00. The number of carbonyl (C=O) groups excluding carboxylic acids is 1. The van der Waals surface area contributed by atoms with Crippen LogP contribution in [0.2, 0.25) is 0 Å². The van der Waals surface area contributed by atoms with Crippen molar-refractivity contribution < 1.29 is 4.79 Å². The van der Waals surface area contributed by atoms with Crippen LogP contribution in [0.15, 0.2) is 35.5 Å². The van der Waals surface area contributed by atoms with Gasteiger partial charge in [-0.2, -0.15) is 0 Å². The molecule has 0 aliphatic carbocycles. The maximum atomic E-state index is 12.5. The van der Waals surface area contributed by atoms with Gasteiger partial charge in [0.15, 0.2) is 5.16 Å². The normalized spacial score (nSPS) is 12.0. The number of hydrogen-bond donors (Lipinski definition) is 0. The third-order valence-electron chi connectivity index (χ3n) is 3.88. The number of thioether (sulfide) groups is 1. The van der Waals surface area contributed by atoms with E-state index in [9.17, 15) is 4.79 Å². The summed E-state index contributed by atoms with van der Waals surface area (Å²) < 4.78 is 0. The van der Waals surface area contributed by atoms with Gasteiger partial charge in [-0.1, -0.05) is 42.1 Å². The lowest BCUT2D eigenvalue weighted by atomic mass is 10.2. The van der Waals surface area contributed by atoms with Gasteiger partial charge in [-0.05, 0) is 38.8 Å². The molecule has 0 spiro atoms. The molecule has 0 N–H and O–H groups in total. The number of amides is 1. The lowest BCUT2D eigenvalue weighted by Gasteiger charge is -2.21. The highest BCUT2D eigenvalue weighted by Gasteiger charge is 2.20. The van der Waals surface area contributed by atoms with Crippen molar-refractivity contribution in [2.75, 3.05) is 7.05 Å². The molecule has 0 saturated heterocycles. The molecule has 0 fully saturated rings. The van der Waals surface area contributed by atoms with Crippen LogP contribution in [-0.2, 0) is 11.3 Å². The maximum Gasteiger partial charge on any atom is 0.235 e. The Kier molecular flexibility index (Phi) is 5.77. The Bertz CT molecular complexity index is 665. The Hall–Kier alpha value is -1.88. The average Bonchev–Trinajstić information content (AvgIpc) is 2.52. The molecule has 122 valence electrons. The second kappa shape index (κ2) is 7.59. The number of hydrogen-bond acceptors (Lipinski definition) is 4. The SMILES string of the molecule is Cc1nc(S[C@H](C)C(=O)N(C)Cc2ccccc2)nc(C)c1C. The van der Waals surface area contributed by atoms with Crippen molar-refractivity contribution in [3.63, 3.8) is 0 Å². The fraction of sp³-hybridized carbons (Fsp3) is 0.389. The molecule has 1 heterocycles.